The molecule has 8 heteroatoms. The van der Waals surface area contributed by atoms with Crippen molar-refractivity contribution in [3.63, 3.8) is 0 Å². The average Bonchev–Trinajstić information content (AvgIpc) is 2.61. The standard InChI is InChI=1S/C20H18N2O6/c1-11(9-17(23)24)19(27)21-15-7-3-6-14-13(15)5-4-8-16(14)22-20(28)12(2)10-18(25)26/h3-10H,1-2H3,(H,21,27)(H,22,28)(H,23,24)(H,25,26). The highest BCUT2D eigenvalue weighted by Crippen LogP contribution is 2.29. The van der Waals surface area contributed by atoms with E-state index in [4.69, 9.17) is 10.2 Å². The zero-order chi connectivity index (χ0) is 20.8. The van der Waals surface area contributed by atoms with Gasteiger partial charge in [-0.05, 0) is 26.0 Å². The molecule has 4 N–H and O–H groups in total. The van der Waals surface area contributed by atoms with E-state index in [-0.39, 0.29) is 11.1 Å². The maximum absolute atomic E-state index is 12.2. The van der Waals surface area contributed by atoms with Gasteiger partial charge in [-0.15, -0.1) is 0 Å². The molecule has 0 radical (unpaired) electrons. The molecule has 144 valence electrons. The second-order valence-corrected chi connectivity index (χ2v) is 5.95. The van der Waals surface area contributed by atoms with Crippen LogP contribution in [0.25, 0.3) is 10.8 Å². The number of anilines is 2. The number of hydrogen-bond acceptors (Lipinski definition) is 4. The number of aliphatic carboxylic acids is 2. The first-order valence-electron chi connectivity index (χ1n) is 8.16. The molecule has 0 fully saturated rings. The Balaban J connectivity index is 2.37. The monoisotopic (exact) mass is 382 g/mol. The summed E-state index contributed by atoms with van der Waals surface area (Å²) in [4.78, 5) is 45.8. The van der Waals surface area contributed by atoms with Crippen molar-refractivity contribution in [3.8, 4) is 0 Å². The summed E-state index contributed by atoms with van der Waals surface area (Å²) in [5.41, 5.74) is 0.941. The van der Waals surface area contributed by atoms with E-state index in [9.17, 15) is 19.2 Å². The summed E-state index contributed by atoms with van der Waals surface area (Å²) in [6, 6.07) is 10.1. The van der Waals surface area contributed by atoms with Crippen molar-refractivity contribution >= 4 is 45.9 Å². The number of benzene rings is 2. The van der Waals surface area contributed by atoms with Crippen LogP contribution in [0, 0.1) is 0 Å². The number of amides is 2. The topological polar surface area (TPSA) is 133 Å². The zero-order valence-electron chi connectivity index (χ0n) is 15.1. The number of nitrogens with one attached hydrogen (secondary N) is 2. The molecule has 0 saturated carbocycles. The third-order valence-electron chi connectivity index (χ3n) is 3.81. The second-order valence-electron chi connectivity index (χ2n) is 5.95. The molecule has 8 nitrogen and oxygen atoms in total. The number of fused-ring (bicyclic) bond motifs is 1. The largest absolute Gasteiger partial charge is 0.478 e. The van der Waals surface area contributed by atoms with Crippen LogP contribution in [0.5, 0.6) is 0 Å². The lowest BCUT2D eigenvalue weighted by Crippen LogP contribution is -2.15. The van der Waals surface area contributed by atoms with Crippen LogP contribution in [0.4, 0.5) is 11.4 Å². The van der Waals surface area contributed by atoms with Crippen molar-refractivity contribution < 1.29 is 29.4 Å². The van der Waals surface area contributed by atoms with Gasteiger partial charge in [-0.1, -0.05) is 24.3 Å². The van der Waals surface area contributed by atoms with E-state index in [1.807, 2.05) is 0 Å². The van der Waals surface area contributed by atoms with Crippen LogP contribution in [-0.2, 0) is 19.2 Å². The zero-order valence-corrected chi connectivity index (χ0v) is 15.1. The van der Waals surface area contributed by atoms with Gasteiger partial charge in [0.15, 0.2) is 0 Å². The van der Waals surface area contributed by atoms with Gasteiger partial charge in [0.2, 0.25) is 0 Å². The van der Waals surface area contributed by atoms with Gasteiger partial charge in [0, 0.05) is 45.4 Å². The molecule has 0 atom stereocenters. The maximum atomic E-state index is 12.2. The normalized spacial score (nSPS) is 11.8. The number of carboxylic acid groups (broad SMARTS) is 2. The first-order valence-corrected chi connectivity index (χ1v) is 8.16. The van der Waals surface area contributed by atoms with Gasteiger partial charge in [-0.25, -0.2) is 9.59 Å². The van der Waals surface area contributed by atoms with Gasteiger partial charge in [-0.3, -0.25) is 9.59 Å². The molecule has 0 aliphatic carbocycles. The van der Waals surface area contributed by atoms with E-state index >= 15 is 0 Å². The van der Waals surface area contributed by atoms with Gasteiger partial charge in [-0.2, -0.15) is 0 Å². The highest BCUT2D eigenvalue weighted by atomic mass is 16.4. The van der Waals surface area contributed by atoms with E-state index in [0.29, 0.717) is 22.1 Å². The van der Waals surface area contributed by atoms with E-state index in [1.54, 1.807) is 36.4 Å². The molecule has 28 heavy (non-hydrogen) atoms. The van der Waals surface area contributed by atoms with Gasteiger partial charge < -0.3 is 20.8 Å². The Kier molecular flexibility index (Phi) is 6.28. The summed E-state index contributed by atoms with van der Waals surface area (Å²) in [6.45, 7) is 2.77. The Labute approximate surface area is 160 Å². The number of carboxylic acids is 2. The molecule has 0 aliphatic heterocycles. The number of hydrogen-bond donors (Lipinski definition) is 4. The van der Waals surface area contributed by atoms with Crippen LogP contribution in [-0.4, -0.2) is 34.0 Å². The molecule has 0 spiro atoms. The summed E-state index contributed by atoms with van der Waals surface area (Å²) >= 11 is 0. The third-order valence-corrected chi connectivity index (χ3v) is 3.81. The van der Waals surface area contributed by atoms with Crippen LogP contribution in [0.3, 0.4) is 0 Å². The highest BCUT2D eigenvalue weighted by Gasteiger charge is 2.12. The highest BCUT2D eigenvalue weighted by molar-refractivity contribution is 6.14. The minimum absolute atomic E-state index is 0.0309. The first-order chi connectivity index (χ1) is 13.2. The Morgan fingerprint density at radius 2 is 1.07 bits per heavy atom. The number of rotatable bonds is 6. The van der Waals surface area contributed by atoms with Crippen LogP contribution in [0.15, 0.2) is 59.7 Å². The summed E-state index contributed by atoms with van der Waals surface area (Å²) < 4.78 is 0. The number of carbonyl (C=O) groups is 4. The fourth-order valence-corrected chi connectivity index (χ4v) is 2.47. The Hall–Kier alpha value is -3.94. The maximum Gasteiger partial charge on any atom is 0.328 e. The molecule has 2 rings (SSSR count). The molecular formula is C20H18N2O6. The van der Waals surface area contributed by atoms with Gasteiger partial charge in [0.1, 0.15) is 0 Å². The predicted octanol–water partition coefficient (Wildman–Crippen LogP) is 2.78. The molecule has 0 bridgehead atoms. The molecule has 0 heterocycles. The molecule has 0 unspecified atom stereocenters. The van der Waals surface area contributed by atoms with E-state index < -0.39 is 23.8 Å². The number of carbonyl (C=O) groups excluding carboxylic acids is 2. The van der Waals surface area contributed by atoms with E-state index in [0.717, 1.165) is 12.2 Å². The van der Waals surface area contributed by atoms with Gasteiger partial charge >= 0.3 is 11.9 Å². The predicted molar refractivity (Wildman–Crippen MR) is 104 cm³/mol. The lowest BCUT2D eigenvalue weighted by atomic mass is 10.1. The third kappa shape index (κ3) is 5.04. The van der Waals surface area contributed by atoms with Crippen molar-refractivity contribution in [1.82, 2.24) is 0 Å². The SMILES string of the molecule is CC(=CC(=O)O)C(=O)Nc1cccc2c(NC(=O)C(C)=CC(=O)O)cccc12. The molecular weight excluding hydrogens is 364 g/mol. The van der Waals surface area contributed by atoms with Crippen LogP contribution < -0.4 is 10.6 Å². The second kappa shape index (κ2) is 8.63. The smallest absolute Gasteiger partial charge is 0.328 e. The van der Waals surface area contributed by atoms with Crippen LogP contribution >= 0.6 is 0 Å². The van der Waals surface area contributed by atoms with Crippen molar-refractivity contribution in [2.24, 2.45) is 0 Å². The summed E-state index contributed by atoms with van der Waals surface area (Å²) in [5, 5.41) is 24.0. The summed E-state index contributed by atoms with van der Waals surface area (Å²) in [5.74, 6) is -3.57. The Bertz CT molecular complexity index is 953. The summed E-state index contributed by atoms with van der Waals surface area (Å²) in [6.07, 6.45) is 1.62. The molecule has 2 aromatic carbocycles. The fraction of sp³-hybridized carbons (Fsp3) is 0.100. The van der Waals surface area contributed by atoms with Gasteiger partial charge in [0.05, 0.1) is 0 Å². The summed E-state index contributed by atoms with van der Waals surface area (Å²) in [7, 11) is 0. The van der Waals surface area contributed by atoms with Crippen LogP contribution in [0.2, 0.25) is 0 Å². The molecule has 2 amide bonds. The van der Waals surface area contributed by atoms with Crippen LogP contribution in [0.1, 0.15) is 13.8 Å². The Morgan fingerprint density at radius 3 is 1.39 bits per heavy atom. The fourth-order valence-electron chi connectivity index (χ4n) is 2.47. The molecule has 0 aromatic heterocycles. The van der Waals surface area contributed by atoms with E-state index in [2.05, 4.69) is 10.6 Å². The molecule has 0 aliphatic rings. The van der Waals surface area contributed by atoms with E-state index in [1.165, 1.54) is 13.8 Å². The van der Waals surface area contributed by atoms with Crippen molar-refractivity contribution in [2.45, 2.75) is 13.8 Å². The van der Waals surface area contributed by atoms with Gasteiger partial charge in [0.25, 0.3) is 11.8 Å². The van der Waals surface area contributed by atoms with Crippen molar-refractivity contribution in [2.75, 3.05) is 10.6 Å². The quantitative estimate of drug-likeness (QED) is 0.568. The van der Waals surface area contributed by atoms with Crippen molar-refractivity contribution in [1.29, 1.82) is 0 Å². The Morgan fingerprint density at radius 1 is 0.714 bits per heavy atom. The lowest BCUT2D eigenvalue weighted by molar-refractivity contribution is -0.132. The average molecular weight is 382 g/mol. The lowest BCUT2D eigenvalue weighted by Gasteiger charge is -2.13. The minimum Gasteiger partial charge on any atom is -0.478 e. The minimum atomic E-state index is -1.22. The molecule has 2 aromatic rings. The van der Waals surface area contributed by atoms with Crippen molar-refractivity contribution in [3.05, 3.63) is 59.7 Å². The molecule has 0 saturated heterocycles. The first kappa shape index (κ1) is 20.4.